The normalized spacial score (nSPS) is 15.2. The highest BCUT2D eigenvalue weighted by Crippen LogP contribution is 2.25. The lowest BCUT2D eigenvalue weighted by molar-refractivity contribution is -0.146. The number of hydrogen-bond donors (Lipinski definition) is 1. The van der Waals surface area contributed by atoms with E-state index >= 15 is 0 Å². The summed E-state index contributed by atoms with van der Waals surface area (Å²) in [6.45, 7) is 5.88. The average Bonchev–Trinajstić information content (AvgIpc) is 2.69. The predicted octanol–water partition coefficient (Wildman–Crippen LogP) is 2.47. The summed E-state index contributed by atoms with van der Waals surface area (Å²) in [6.07, 6.45) is 0. The number of nitrogens with one attached hydrogen (secondary N) is 1. The third kappa shape index (κ3) is 6.23. The second-order valence-electron chi connectivity index (χ2n) is 7.45. The highest BCUT2D eigenvalue weighted by atomic mass is 35.5. The molecule has 0 aliphatic carbocycles. The smallest absolute Gasteiger partial charge is 0.321 e. The van der Waals surface area contributed by atoms with E-state index in [1.165, 1.54) is 6.92 Å². The molecule has 1 fully saturated rings. The molecule has 0 unspecified atom stereocenters. The summed E-state index contributed by atoms with van der Waals surface area (Å²) in [7, 11) is 3.75. The maximum atomic E-state index is 13.1. The van der Waals surface area contributed by atoms with Gasteiger partial charge >= 0.3 is 6.03 Å². The van der Waals surface area contributed by atoms with Crippen LogP contribution >= 0.6 is 23.2 Å². The molecule has 1 N–H and O–H groups in total. The lowest BCUT2D eigenvalue weighted by Crippen LogP contribution is -2.59. The van der Waals surface area contributed by atoms with E-state index in [1.54, 1.807) is 32.9 Å². The minimum absolute atomic E-state index is 0.0923. The van der Waals surface area contributed by atoms with Crippen molar-refractivity contribution in [3.8, 4) is 0 Å². The van der Waals surface area contributed by atoms with Crippen LogP contribution in [0.1, 0.15) is 13.8 Å². The highest BCUT2D eigenvalue weighted by molar-refractivity contribution is 6.42. The van der Waals surface area contributed by atoms with Crippen molar-refractivity contribution in [2.24, 2.45) is 0 Å². The highest BCUT2D eigenvalue weighted by Gasteiger charge is 2.33. The molecule has 1 aromatic rings. The van der Waals surface area contributed by atoms with Crippen LogP contribution in [-0.4, -0.2) is 96.9 Å². The molecule has 0 spiro atoms. The molecule has 0 saturated carbocycles. The molecule has 8 nitrogen and oxygen atoms in total. The van der Waals surface area contributed by atoms with Crippen LogP contribution < -0.4 is 5.32 Å². The SMILES string of the molecule is CCN(C(C)=O)[C@H](CN(C)C)C(=O)N1CCN(C(=O)Nc2ccc(Cl)c(Cl)c2)CC1. The fraction of sp³-hybridized carbons (Fsp3) is 0.550. The molecule has 1 aliphatic heterocycles. The minimum Gasteiger partial charge on any atom is -0.337 e. The van der Waals surface area contributed by atoms with Crippen LogP contribution in [-0.2, 0) is 9.59 Å². The number of benzene rings is 1. The fourth-order valence-corrected chi connectivity index (χ4v) is 3.73. The van der Waals surface area contributed by atoms with Gasteiger partial charge in [-0.2, -0.15) is 0 Å². The summed E-state index contributed by atoms with van der Waals surface area (Å²) in [5.74, 6) is -0.220. The van der Waals surface area contributed by atoms with Crippen molar-refractivity contribution >= 4 is 46.7 Å². The molecular formula is C20H29Cl2N5O3. The van der Waals surface area contributed by atoms with Crippen LogP contribution in [0.4, 0.5) is 10.5 Å². The number of rotatable bonds is 6. The Morgan fingerprint density at radius 3 is 2.17 bits per heavy atom. The van der Waals surface area contributed by atoms with Crippen LogP contribution in [0.2, 0.25) is 10.0 Å². The molecule has 1 atom stereocenters. The van der Waals surface area contributed by atoms with Crippen molar-refractivity contribution < 1.29 is 14.4 Å². The third-order valence-electron chi connectivity index (χ3n) is 4.99. The van der Waals surface area contributed by atoms with Crippen molar-refractivity contribution in [2.45, 2.75) is 19.9 Å². The molecule has 166 valence electrons. The molecule has 0 aromatic heterocycles. The second-order valence-corrected chi connectivity index (χ2v) is 8.27. The Morgan fingerprint density at radius 2 is 1.67 bits per heavy atom. The number of nitrogens with zero attached hydrogens (tertiary/aromatic N) is 4. The number of carbonyl (C=O) groups excluding carboxylic acids is 3. The van der Waals surface area contributed by atoms with Gasteiger partial charge in [0.2, 0.25) is 11.8 Å². The molecule has 0 radical (unpaired) electrons. The zero-order chi connectivity index (χ0) is 22.4. The molecule has 1 aliphatic rings. The Bertz CT molecular complexity index is 782. The van der Waals surface area contributed by atoms with Crippen LogP contribution in [0.3, 0.4) is 0 Å². The number of amides is 4. The van der Waals surface area contributed by atoms with E-state index < -0.39 is 6.04 Å². The Balaban J connectivity index is 1.98. The quantitative estimate of drug-likeness (QED) is 0.711. The first kappa shape index (κ1) is 24.2. The monoisotopic (exact) mass is 457 g/mol. The van der Waals surface area contributed by atoms with Crippen molar-refractivity contribution in [2.75, 3.05) is 58.7 Å². The van der Waals surface area contributed by atoms with Crippen LogP contribution in [0.25, 0.3) is 0 Å². The van der Waals surface area contributed by atoms with Crippen LogP contribution in [0.15, 0.2) is 18.2 Å². The van der Waals surface area contributed by atoms with Gasteiger partial charge in [-0.1, -0.05) is 23.2 Å². The van der Waals surface area contributed by atoms with E-state index in [2.05, 4.69) is 5.32 Å². The van der Waals surface area contributed by atoms with Gasteiger partial charge in [-0.3, -0.25) is 9.59 Å². The number of carbonyl (C=O) groups is 3. The van der Waals surface area contributed by atoms with Gasteiger partial charge in [0.15, 0.2) is 0 Å². The molecule has 4 amide bonds. The Kier molecular flexibility index (Phi) is 8.76. The number of halogens is 2. The number of piperazine rings is 1. The van der Waals surface area contributed by atoms with E-state index in [1.807, 2.05) is 25.9 Å². The van der Waals surface area contributed by atoms with Crippen molar-refractivity contribution in [1.82, 2.24) is 19.6 Å². The molecule has 30 heavy (non-hydrogen) atoms. The summed E-state index contributed by atoms with van der Waals surface area (Å²) < 4.78 is 0. The van der Waals surface area contributed by atoms with E-state index in [0.29, 0.717) is 55.0 Å². The molecule has 2 rings (SSSR count). The van der Waals surface area contributed by atoms with E-state index in [-0.39, 0.29) is 17.8 Å². The topological polar surface area (TPSA) is 76.2 Å². The van der Waals surface area contributed by atoms with Gasteiger partial charge in [-0.25, -0.2) is 4.79 Å². The number of likely N-dealkylation sites (N-methyl/N-ethyl adjacent to an activating group) is 2. The van der Waals surface area contributed by atoms with E-state index in [4.69, 9.17) is 23.2 Å². The maximum absolute atomic E-state index is 13.1. The lowest BCUT2D eigenvalue weighted by Gasteiger charge is -2.39. The van der Waals surface area contributed by atoms with Gasteiger partial charge < -0.3 is 24.9 Å². The molecular weight excluding hydrogens is 429 g/mol. The van der Waals surface area contributed by atoms with Crippen molar-refractivity contribution in [3.05, 3.63) is 28.2 Å². The zero-order valence-electron chi connectivity index (χ0n) is 17.8. The van der Waals surface area contributed by atoms with Crippen LogP contribution in [0, 0.1) is 0 Å². The Morgan fingerprint density at radius 1 is 1.07 bits per heavy atom. The third-order valence-corrected chi connectivity index (χ3v) is 5.73. The first-order valence-electron chi connectivity index (χ1n) is 9.85. The lowest BCUT2D eigenvalue weighted by atomic mass is 10.1. The molecule has 1 heterocycles. The molecule has 10 heteroatoms. The standard InChI is InChI=1S/C20H29Cl2N5O3/c1-5-27(14(2)28)18(13-24(3)4)19(29)25-8-10-26(11-9-25)20(30)23-15-6-7-16(21)17(22)12-15/h6-7,12,18H,5,8-11,13H2,1-4H3,(H,23,30)/t18-/m1/s1. The van der Waals surface area contributed by atoms with Gasteiger partial charge in [0, 0.05) is 51.9 Å². The summed E-state index contributed by atoms with van der Waals surface area (Å²) in [5, 5.41) is 3.58. The number of urea groups is 1. The zero-order valence-corrected chi connectivity index (χ0v) is 19.3. The van der Waals surface area contributed by atoms with Crippen LogP contribution in [0.5, 0.6) is 0 Å². The summed E-state index contributed by atoms with van der Waals surface area (Å²) in [5.41, 5.74) is 0.555. The number of hydrogen-bond acceptors (Lipinski definition) is 4. The van der Waals surface area contributed by atoms with Gasteiger partial charge in [-0.15, -0.1) is 0 Å². The first-order valence-corrected chi connectivity index (χ1v) is 10.6. The van der Waals surface area contributed by atoms with Gasteiger partial charge in [0.25, 0.3) is 0 Å². The van der Waals surface area contributed by atoms with Crippen molar-refractivity contribution in [3.63, 3.8) is 0 Å². The molecule has 1 aromatic carbocycles. The van der Waals surface area contributed by atoms with E-state index in [9.17, 15) is 14.4 Å². The largest absolute Gasteiger partial charge is 0.337 e. The Labute approximate surface area is 187 Å². The second kappa shape index (κ2) is 10.8. The van der Waals surface area contributed by atoms with Gasteiger partial charge in [0.05, 0.1) is 10.0 Å². The van der Waals surface area contributed by atoms with Crippen molar-refractivity contribution in [1.29, 1.82) is 0 Å². The summed E-state index contributed by atoms with van der Waals surface area (Å²) in [4.78, 5) is 44.5. The summed E-state index contributed by atoms with van der Waals surface area (Å²) in [6, 6.07) is 4.09. The fourth-order valence-electron chi connectivity index (χ4n) is 3.44. The van der Waals surface area contributed by atoms with E-state index in [0.717, 1.165) is 0 Å². The minimum atomic E-state index is -0.543. The first-order chi connectivity index (χ1) is 14.1. The predicted molar refractivity (Wildman–Crippen MR) is 119 cm³/mol. The Hall–Kier alpha value is -2.03. The summed E-state index contributed by atoms with van der Waals surface area (Å²) >= 11 is 11.9. The van der Waals surface area contributed by atoms with Gasteiger partial charge in [0.1, 0.15) is 6.04 Å². The van der Waals surface area contributed by atoms with Gasteiger partial charge in [-0.05, 0) is 39.2 Å². The molecule has 0 bridgehead atoms. The molecule has 1 saturated heterocycles. The maximum Gasteiger partial charge on any atom is 0.321 e. The number of anilines is 1. The average molecular weight is 458 g/mol.